The number of benzene rings is 2. The van der Waals surface area contributed by atoms with Gasteiger partial charge in [0.15, 0.2) is 11.5 Å². The van der Waals surface area contributed by atoms with Crippen molar-refractivity contribution in [1.82, 2.24) is 4.98 Å². The van der Waals surface area contributed by atoms with Crippen LogP contribution in [-0.2, 0) is 0 Å². The summed E-state index contributed by atoms with van der Waals surface area (Å²) in [5, 5.41) is 13.3. The van der Waals surface area contributed by atoms with E-state index >= 15 is 0 Å². The molecule has 0 radical (unpaired) electrons. The summed E-state index contributed by atoms with van der Waals surface area (Å²) in [6, 6.07) is 15.7. The first-order valence-electron chi connectivity index (χ1n) is 7.46. The standard InChI is InChI=1S/C18H13N3O2S/c19-10-12(18-21-14-3-1-2-4-17(14)24-18)11-20-13-5-6-15-16(9-13)23-8-7-22-15/h1-6,9,11,20H,7-8H2/b12-11+. The number of nitriles is 1. The number of allylic oxidation sites excluding steroid dienone is 1. The number of anilines is 1. The van der Waals surface area contributed by atoms with Crippen LogP contribution in [0.2, 0.25) is 0 Å². The molecule has 6 heteroatoms. The summed E-state index contributed by atoms with van der Waals surface area (Å²) >= 11 is 1.50. The van der Waals surface area contributed by atoms with Gasteiger partial charge in [-0.2, -0.15) is 5.26 Å². The average molecular weight is 335 g/mol. The van der Waals surface area contributed by atoms with Crippen molar-refractivity contribution in [2.75, 3.05) is 18.5 Å². The molecular weight excluding hydrogens is 322 g/mol. The molecule has 118 valence electrons. The minimum atomic E-state index is 0.492. The van der Waals surface area contributed by atoms with Crippen LogP contribution < -0.4 is 14.8 Å². The topological polar surface area (TPSA) is 67.2 Å². The van der Waals surface area contributed by atoms with Crippen LogP contribution in [0.4, 0.5) is 5.69 Å². The number of hydrogen-bond donors (Lipinski definition) is 1. The van der Waals surface area contributed by atoms with E-state index in [1.165, 1.54) is 11.3 Å². The highest BCUT2D eigenvalue weighted by molar-refractivity contribution is 7.19. The van der Waals surface area contributed by atoms with E-state index in [-0.39, 0.29) is 0 Å². The Hall–Kier alpha value is -3.04. The number of nitrogens with zero attached hydrogens (tertiary/aromatic N) is 2. The molecule has 3 aromatic rings. The molecule has 1 aliphatic rings. The zero-order chi connectivity index (χ0) is 16.4. The lowest BCUT2D eigenvalue weighted by molar-refractivity contribution is 0.171. The van der Waals surface area contributed by atoms with E-state index in [0.717, 1.165) is 21.7 Å². The Kier molecular flexibility index (Phi) is 3.77. The lowest BCUT2D eigenvalue weighted by Crippen LogP contribution is -2.15. The zero-order valence-electron chi connectivity index (χ0n) is 12.7. The summed E-state index contributed by atoms with van der Waals surface area (Å²) in [5.74, 6) is 1.45. The molecule has 0 unspecified atom stereocenters. The van der Waals surface area contributed by atoms with E-state index in [0.29, 0.717) is 29.5 Å². The van der Waals surface area contributed by atoms with Gasteiger partial charge in [-0.25, -0.2) is 4.98 Å². The number of aromatic nitrogens is 1. The zero-order valence-corrected chi connectivity index (χ0v) is 13.5. The molecule has 5 nitrogen and oxygen atoms in total. The second-order valence-electron chi connectivity index (χ2n) is 5.16. The molecule has 1 N–H and O–H groups in total. The molecule has 4 rings (SSSR count). The van der Waals surface area contributed by atoms with E-state index in [9.17, 15) is 5.26 Å². The number of thiazole rings is 1. The van der Waals surface area contributed by atoms with Crippen molar-refractivity contribution in [2.45, 2.75) is 0 Å². The quantitative estimate of drug-likeness (QED) is 0.732. The lowest BCUT2D eigenvalue weighted by Gasteiger charge is -2.18. The van der Waals surface area contributed by atoms with Gasteiger partial charge in [0, 0.05) is 18.0 Å². The maximum absolute atomic E-state index is 9.44. The number of ether oxygens (including phenoxy) is 2. The second-order valence-corrected chi connectivity index (χ2v) is 6.19. The molecule has 1 aliphatic heterocycles. The maximum Gasteiger partial charge on any atom is 0.163 e. The van der Waals surface area contributed by atoms with Gasteiger partial charge in [-0.15, -0.1) is 11.3 Å². The van der Waals surface area contributed by atoms with E-state index in [1.54, 1.807) is 6.20 Å². The van der Waals surface area contributed by atoms with Crippen molar-refractivity contribution >= 4 is 32.8 Å². The molecule has 0 saturated carbocycles. The molecule has 0 saturated heterocycles. The van der Waals surface area contributed by atoms with E-state index < -0.39 is 0 Å². The fourth-order valence-electron chi connectivity index (χ4n) is 2.42. The second kappa shape index (κ2) is 6.22. The van der Waals surface area contributed by atoms with Crippen molar-refractivity contribution < 1.29 is 9.47 Å². The molecule has 1 aromatic heterocycles. The number of nitrogens with one attached hydrogen (secondary N) is 1. The Labute approximate surface area is 142 Å². The molecule has 24 heavy (non-hydrogen) atoms. The first kappa shape index (κ1) is 14.5. The summed E-state index contributed by atoms with van der Waals surface area (Å²) in [5.41, 5.74) is 2.22. The van der Waals surface area contributed by atoms with E-state index in [4.69, 9.17) is 9.47 Å². The van der Waals surface area contributed by atoms with E-state index in [2.05, 4.69) is 16.4 Å². The van der Waals surface area contributed by atoms with Gasteiger partial charge in [0.2, 0.25) is 0 Å². The minimum Gasteiger partial charge on any atom is -0.486 e. The fraction of sp³-hybridized carbons (Fsp3) is 0.111. The van der Waals surface area contributed by atoms with Gasteiger partial charge in [0.05, 0.1) is 10.2 Å². The normalized spacial score (nSPS) is 13.5. The Morgan fingerprint density at radius 1 is 1.17 bits per heavy atom. The fourth-order valence-corrected chi connectivity index (χ4v) is 3.35. The molecule has 0 atom stereocenters. The average Bonchev–Trinajstić information content (AvgIpc) is 3.06. The highest BCUT2D eigenvalue weighted by Crippen LogP contribution is 2.33. The summed E-state index contributed by atoms with van der Waals surface area (Å²) in [7, 11) is 0. The van der Waals surface area contributed by atoms with Crippen molar-refractivity contribution in [3.63, 3.8) is 0 Å². The predicted octanol–water partition coefficient (Wildman–Crippen LogP) is 4.04. The molecule has 0 fully saturated rings. The van der Waals surface area contributed by atoms with Gasteiger partial charge in [0.25, 0.3) is 0 Å². The molecule has 2 heterocycles. The van der Waals surface area contributed by atoms with Crippen LogP contribution in [-0.4, -0.2) is 18.2 Å². The van der Waals surface area contributed by atoms with Crippen LogP contribution in [0.3, 0.4) is 0 Å². The molecule has 0 spiro atoms. The van der Waals surface area contributed by atoms with Crippen molar-refractivity contribution in [3.05, 3.63) is 53.7 Å². The van der Waals surface area contributed by atoms with Gasteiger partial charge < -0.3 is 14.8 Å². The monoisotopic (exact) mass is 335 g/mol. The van der Waals surface area contributed by atoms with Gasteiger partial charge in [0.1, 0.15) is 29.9 Å². The van der Waals surface area contributed by atoms with Gasteiger partial charge in [-0.05, 0) is 24.3 Å². The van der Waals surface area contributed by atoms with Crippen molar-refractivity contribution in [2.24, 2.45) is 0 Å². The Bertz CT molecular complexity index is 939. The molecular formula is C18H13N3O2S. The summed E-state index contributed by atoms with van der Waals surface area (Å²) in [4.78, 5) is 4.51. The third kappa shape index (κ3) is 2.77. The first-order valence-corrected chi connectivity index (χ1v) is 8.27. The minimum absolute atomic E-state index is 0.492. The third-order valence-corrected chi connectivity index (χ3v) is 4.64. The molecule has 0 amide bonds. The Balaban J connectivity index is 1.60. The van der Waals surface area contributed by atoms with Crippen LogP contribution in [0.1, 0.15) is 5.01 Å². The van der Waals surface area contributed by atoms with Crippen molar-refractivity contribution in [3.8, 4) is 17.6 Å². The van der Waals surface area contributed by atoms with Gasteiger partial charge >= 0.3 is 0 Å². The Morgan fingerprint density at radius 3 is 2.83 bits per heavy atom. The van der Waals surface area contributed by atoms with Crippen LogP contribution in [0.25, 0.3) is 15.8 Å². The predicted molar refractivity (Wildman–Crippen MR) is 94.3 cm³/mol. The van der Waals surface area contributed by atoms with Gasteiger partial charge in [-0.1, -0.05) is 12.1 Å². The van der Waals surface area contributed by atoms with Crippen molar-refractivity contribution in [1.29, 1.82) is 5.26 Å². The summed E-state index contributed by atoms with van der Waals surface area (Å²) < 4.78 is 12.1. The smallest absolute Gasteiger partial charge is 0.163 e. The molecule has 0 aliphatic carbocycles. The lowest BCUT2D eigenvalue weighted by atomic mass is 10.2. The molecule has 0 bridgehead atoms. The first-order chi connectivity index (χ1) is 11.8. The van der Waals surface area contributed by atoms with E-state index in [1.807, 2.05) is 42.5 Å². The Morgan fingerprint density at radius 2 is 2.00 bits per heavy atom. The number of rotatable bonds is 3. The van der Waals surface area contributed by atoms with Crippen LogP contribution in [0.5, 0.6) is 11.5 Å². The molecule has 2 aromatic carbocycles. The van der Waals surface area contributed by atoms with Crippen LogP contribution in [0, 0.1) is 11.3 Å². The van der Waals surface area contributed by atoms with Crippen LogP contribution >= 0.6 is 11.3 Å². The van der Waals surface area contributed by atoms with Gasteiger partial charge in [-0.3, -0.25) is 0 Å². The third-order valence-electron chi connectivity index (χ3n) is 3.57. The maximum atomic E-state index is 9.44. The SMILES string of the molecule is N#C/C(=C\Nc1ccc2c(c1)OCCO2)c1nc2ccccc2s1. The summed E-state index contributed by atoms with van der Waals surface area (Å²) in [6.07, 6.45) is 1.67. The largest absolute Gasteiger partial charge is 0.486 e. The number of hydrogen-bond acceptors (Lipinski definition) is 6. The van der Waals surface area contributed by atoms with Crippen LogP contribution in [0.15, 0.2) is 48.7 Å². The summed E-state index contributed by atoms with van der Waals surface area (Å²) in [6.45, 7) is 1.11. The highest BCUT2D eigenvalue weighted by Gasteiger charge is 2.12. The number of fused-ring (bicyclic) bond motifs is 2. The highest BCUT2D eigenvalue weighted by atomic mass is 32.1. The number of para-hydroxylation sites is 1.